The van der Waals surface area contributed by atoms with E-state index in [1.807, 2.05) is 0 Å². The third-order valence-corrected chi connectivity index (χ3v) is 3.56. The van der Waals surface area contributed by atoms with Gasteiger partial charge in [-0.3, -0.25) is 0 Å². The van der Waals surface area contributed by atoms with Crippen LogP contribution in [0.3, 0.4) is 0 Å². The maximum atomic E-state index is 11.7. The third kappa shape index (κ3) is 5.01. The van der Waals surface area contributed by atoms with E-state index < -0.39 is 34.2 Å². The summed E-state index contributed by atoms with van der Waals surface area (Å²) in [5.41, 5.74) is 0. The largest absolute Gasteiger partial charge is 0.480 e. The number of aliphatic hydroxyl groups is 1. The van der Waals surface area contributed by atoms with Gasteiger partial charge in [-0.1, -0.05) is 0 Å². The summed E-state index contributed by atoms with van der Waals surface area (Å²) in [5.74, 6) is -1.45. The van der Waals surface area contributed by atoms with E-state index in [0.29, 0.717) is 0 Å². The molecule has 0 aromatic rings. The number of hydrogen-bond donors (Lipinski definition) is 4. The molecule has 1 heterocycles. The second kappa shape index (κ2) is 6.17. The summed E-state index contributed by atoms with van der Waals surface area (Å²) < 4.78 is 21.3. The monoisotopic (exact) mass is 295 g/mol. The molecule has 9 nitrogen and oxygen atoms in total. The van der Waals surface area contributed by atoms with Gasteiger partial charge in [-0.25, -0.2) is 23.1 Å². The van der Waals surface area contributed by atoms with Crippen molar-refractivity contribution < 1.29 is 28.2 Å². The van der Waals surface area contributed by atoms with Gasteiger partial charge in [0.2, 0.25) is 10.0 Å². The van der Waals surface area contributed by atoms with Crippen LogP contribution in [-0.2, 0) is 14.8 Å². The van der Waals surface area contributed by atoms with Crippen LogP contribution in [0, 0.1) is 0 Å². The van der Waals surface area contributed by atoms with Gasteiger partial charge in [-0.2, -0.15) is 0 Å². The van der Waals surface area contributed by atoms with Gasteiger partial charge < -0.3 is 20.4 Å². The number of carboxylic acids is 1. The van der Waals surface area contributed by atoms with E-state index in [0.717, 1.165) is 4.90 Å². The fourth-order valence-electron chi connectivity index (χ4n) is 1.84. The summed E-state index contributed by atoms with van der Waals surface area (Å²) in [6.45, 7) is 0.00614. The number of likely N-dealkylation sites (tertiary alicyclic amines) is 1. The summed E-state index contributed by atoms with van der Waals surface area (Å²) in [5, 5.41) is 25.5. The normalized spacial score (nSPS) is 23.4. The zero-order chi connectivity index (χ0) is 14.6. The Morgan fingerprint density at radius 2 is 2.05 bits per heavy atom. The van der Waals surface area contributed by atoms with Gasteiger partial charge in [0.15, 0.2) is 0 Å². The minimum absolute atomic E-state index is 0.0140. The van der Waals surface area contributed by atoms with Crippen molar-refractivity contribution in [2.45, 2.75) is 25.0 Å². The smallest absolute Gasteiger partial charge is 0.326 e. The Bertz CT molecular complexity index is 451. The predicted molar refractivity (Wildman–Crippen MR) is 64.7 cm³/mol. The van der Waals surface area contributed by atoms with E-state index in [-0.39, 0.29) is 31.7 Å². The molecule has 0 radical (unpaired) electrons. The molecule has 0 saturated carbocycles. The van der Waals surface area contributed by atoms with E-state index >= 15 is 0 Å². The molecule has 0 aromatic heterocycles. The van der Waals surface area contributed by atoms with Crippen LogP contribution >= 0.6 is 0 Å². The standard InChI is InChI=1S/C9H17N3O6S/c10-19(17,18)3-1-2-11-9(16)12-5-6(13)4-7(12)8(14)15/h6-7,13H,1-5H2,(H,11,16)(H,14,15)(H2,10,17,18)/t6?,7-/m1/s1. The summed E-state index contributed by atoms with van der Waals surface area (Å²) in [4.78, 5) is 23.6. The van der Waals surface area contributed by atoms with Gasteiger partial charge in [0.05, 0.1) is 11.9 Å². The highest BCUT2D eigenvalue weighted by Gasteiger charge is 2.38. The number of amides is 2. The van der Waals surface area contributed by atoms with Gasteiger partial charge in [0.25, 0.3) is 0 Å². The number of primary sulfonamides is 1. The number of aliphatic hydroxyl groups excluding tert-OH is 1. The fourth-order valence-corrected chi connectivity index (χ4v) is 2.39. The summed E-state index contributed by atoms with van der Waals surface area (Å²) >= 11 is 0. The van der Waals surface area contributed by atoms with Gasteiger partial charge in [-0.15, -0.1) is 0 Å². The quantitative estimate of drug-likeness (QED) is 0.426. The SMILES string of the molecule is NS(=O)(=O)CCCNC(=O)N1CC(O)C[C@@H]1C(=O)O. The first-order valence-corrected chi connectivity index (χ1v) is 7.38. The molecule has 0 aliphatic carbocycles. The highest BCUT2D eigenvalue weighted by atomic mass is 32.2. The summed E-state index contributed by atoms with van der Waals surface area (Å²) in [6, 6.07) is -1.70. The lowest BCUT2D eigenvalue weighted by atomic mass is 10.2. The fraction of sp³-hybridized carbons (Fsp3) is 0.778. The van der Waals surface area contributed by atoms with E-state index in [2.05, 4.69) is 5.32 Å². The molecule has 1 aliphatic heterocycles. The molecule has 5 N–H and O–H groups in total. The van der Waals surface area contributed by atoms with Crippen LogP contribution in [0.1, 0.15) is 12.8 Å². The molecule has 10 heteroatoms. The molecule has 0 spiro atoms. The molecule has 1 aliphatic rings. The Morgan fingerprint density at radius 1 is 1.42 bits per heavy atom. The molecule has 1 fully saturated rings. The first-order chi connectivity index (χ1) is 8.70. The zero-order valence-corrected chi connectivity index (χ0v) is 11.0. The molecule has 19 heavy (non-hydrogen) atoms. The zero-order valence-electron chi connectivity index (χ0n) is 10.2. The third-order valence-electron chi connectivity index (χ3n) is 2.71. The Morgan fingerprint density at radius 3 is 2.58 bits per heavy atom. The molecule has 1 saturated heterocycles. The number of aliphatic carboxylic acids is 1. The topological polar surface area (TPSA) is 150 Å². The number of nitrogens with zero attached hydrogens (tertiary/aromatic N) is 1. The number of rotatable bonds is 5. The lowest BCUT2D eigenvalue weighted by molar-refractivity contribution is -0.141. The molecule has 1 unspecified atom stereocenters. The average Bonchev–Trinajstić information content (AvgIpc) is 2.65. The first-order valence-electron chi connectivity index (χ1n) is 5.66. The van der Waals surface area contributed by atoms with Crippen molar-refractivity contribution >= 4 is 22.0 Å². The lowest BCUT2D eigenvalue weighted by Crippen LogP contribution is -2.46. The van der Waals surface area contributed by atoms with Gasteiger partial charge in [-0.05, 0) is 6.42 Å². The molecule has 1 rings (SSSR count). The molecule has 110 valence electrons. The number of carboxylic acid groups (broad SMARTS) is 1. The van der Waals surface area contributed by atoms with Crippen molar-refractivity contribution in [3.8, 4) is 0 Å². The lowest BCUT2D eigenvalue weighted by Gasteiger charge is -2.21. The van der Waals surface area contributed by atoms with Crippen molar-refractivity contribution in [3.05, 3.63) is 0 Å². The van der Waals surface area contributed by atoms with Crippen molar-refractivity contribution in [1.82, 2.24) is 10.2 Å². The summed E-state index contributed by atoms with van der Waals surface area (Å²) in [6.07, 6.45) is -0.741. The van der Waals surface area contributed by atoms with Crippen LogP contribution in [0.4, 0.5) is 4.79 Å². The number of sulfonamides is 1. The highest BCUT2D eigenvalue weighted by Crippen LogP contribution is 2.17. The molecule has 2 atom stereocenters. The minimum Gasteiger partial charge on any atom is -0.480 e. The van der Waals surface area contributed by atoms with Crippen LogP contribution in [0.2, 0.25) is 0 Å². The van der Waals surface area contributed by atoms with E-state index in [1.165, 1.54) is 0 Å². The number of nitrogens with one attached hydrogen (secondary N) is 1. The highest BCUT2D eigenvalue weighted by molar-refractivity contribution is 7.89. The Kier molecular flexibility index (Phi) is 5.09. The van der Waals surface area contributed by atoms with Gasteiger partial charge in [0, 0.05) is 19.5 Å². The first kappa shape index (κ1) is 15.7. The number of urea groups is 1. The van der Waals surface area contributed by atoms with Crippen molar-refractivity contribution in [1.29, 1.82) is 0 Å². The van der Waals surface area contributed by atoms with Crippen molar-refractivity contribution in [3.63, 3.8) is 0 Å². The van der Waals surface area contributed by atoms with Crippen LogP contribution in [0.5, 0.6) is 0 Å². The van der Waals surface area contributed by atoms with Crippen molar-refractivity contribution in [2.24, 2.45) is 5.14 Å². The second-order valence-corrected chi connectivity index (χ2v) is 6.08. The van der Waals surface area contributed by atoms with Gasteiger partial charge in [0.1, 0.15) is 6.04 Å². The molecule has 0 bridgehead atoms. The molecule has 2 amide bonds. The van der Waals surface area contributed by atoms with E-state index in [4.69, 9.17) is 10.2 Å². The number of carbonyl (C=O) groups is 2. The summed E-state index contributed by atoms with van der Waals surface area (Å²) in [7, 11) is -3.57. The number of hydrogen-bond acceptors (Lipinski definition) is 5. The number of carbonyl (C=O) groups excluding carboxylic acids is 1. The Labute approximate surface area is 110 Å². The number of β-amino-alcohol motifs (C(OH)–C–C–N with tert-alkyl or cyclic N) is 1. The minimum atomic E-state index is -3.57. The predicted octanol–water partition coefficient (Wildman–Crippen LogP) is -2.11. The van der Waals surface area contributed by atoms with Crippen LogP contribution in [-0.4, -0.2) is 66.5 Å². The van der Waals surface area contributed by atoms with Crippen LogP contribution < -0.4 is 10.5 Å². The van der Waals surface area contributed by atoms with Crippen LogP contribution in [0.15, 0.2) is 0 Å². The van der Waals surface area contributed by atoms with Crippen molar-refractivity contribution in [2.75, 3.05) is 18.8 Å². The van der Waals surface area contributed by atoms with E-state index in [9.17, 15) is 23.1 Å². The number of nitrogens with two attached hydrogens (primary N) is 1. The molecule has 0 aromatic carbocycles. The van der Waals surface area contributed by atoms with E-state index in [1.54, 1.807) is 0 Å². The van der Waals surface area contributed by atoms with Crippen LogP contribution in [0.25, 0.3) is 0 Å². The molecular formula is C9H17N3O6S. The Hall–Kier alpha value is -1.39. The average molecular weight is 295 g/mol. The van der Waals surface area contributed by atoms with Gasteiger partial charge >= 0.3 is 12.0 Å². The molecular weight excluding hydrogens is 278 g/mol. The maximum absolute atomic E-state index is 11.7. The maximum Gasteiger partial charge on any atom is 0.326 e. The Balaban J connectivity index is 2.42. The second-order valence-electron chi connectivity index (χ2n) is 4.35.